The van der Waals surface area contributed by atoms with E-state index in [9.17, 15) is 23.2 Å². The van der Waals surface area contributed by atoms with Crippen molar-refractivity contribution in [3.63, 3.8) is 0 Å². The molecule has 2 saturated carbocycles. The molecule has 0 aromatic heterocycles. The molecule has 2 aliphatic carbocycles. The molecule has 11 heteroatoms. The molecule has 2 heterocycles. The number of carbonyl (C=O) groups is 3. The third-order valence-electron chi connectivity index (χ3n) is 8.89. The Morgan fingerprint density at radius 3 is 2.03 bits per heavy atom. The highest BCUT2D eigenvalue weighted by Crippen LogP contribution is 2.34. The van der Waals surface area contributed by atoms with E-state index in [1.54, 1.807) is 11.8 Å². The Morgan fingerprint density at radius 2 is 1.46 bits per heavy atom. The zero-order valence-corrected chi connectivity index (χ0v) is 22.4. The van der Waals surface area contributed by atoms with Crippen molar-refractivity contribution in [3.8, 4) is 0 Å². The van der Waals surface area contributed by atoms with Crippen molar-refractivity contribution in [1.82, 2.24) is 30.7 Å². The number of halogens is 2. The minimum absolute atomic E-state index is 0.00209. The SMILES string of the molecule is CC(=O)N1CCN(C(C)(C(=O)NC2CCCC2)C(C(=O)NC2CCC(F)(F)CC2)N2CCNCC2)CC1. The van der Waals surface area contributed by atoms with Crippen molar-refractivity contribution in [2.75, 3.05) is 52.4 Å². The van der Waals surface area contributed by atoms with Gasteiger partial charge in [-0.05, 0) is 32.6 Å². The highest BCUT2D eigenvalue weighted by Gasteiger charge is 2.53. The Labute approximate surface area is 219 Å². The van der Waals surface area contributed by atoms with Crippen LogP contribution < -0.4 is 16.0 Å². The van der Waals surface area contributed by atoms with Gasteiger partial charge in [0.2, 0.25) is 23.6 Å². The van der Waals surface area contributed by atoms with Gasteiger partial charge in [-0.15, -0.1) is 0 Å². The molecule has 0 aromatic carbocycles. The Hall–Kier alpha value is -1.85. The monoisotopic (exact) mass is 526 g/mol. The van der Waals surface area contributed by atoms with Gasteiger partial charge in [-0.1, -0.05) is 12.8 Å². The first-order valence-electron chi connectivity index (χ1n) is 14.0. The van der Waals surface area contributed by atoms with E-state index in [1.807, 2.05) is 6.92 Å². The fourth-order valence-electron chi connectivity index (χ4n) is 6.51. The fraction of sp³-hybridized carbons (Fsp3) is 0.885. The van der Waals surface area contributed by atoms with E-state index < -0.39 is 17.5 Å². The van der Waals surface area contributed by atoms with Crippen LogP contribution in [0.1, 0.15) is 65.2 Å². The van der Waals surface area contributed by atoms with Crippen molar-refractivity contribution in [3.05, 3.63) is 0 Å². The lowest BCUT2D eigenvalue weighted by molar-refractivity contribution is -0.151. The van der Waals surface area contributed by atoms with Crippen LogP contribution in [-0.2, 0) is 14.4 Å². The standard InChI is InChI=1S/C26H44F2N6O3/c1-19(35)32-15-17-34(18-16-32)25(2,24(37)31-20-5-3-4-6-20)22(33-13-11-29-12-14-33)23(36)30-21-7-9-26(27,28)10-8-21/h20-22,29H,3-18H2,1-2H3,(H,30,36)(H,31,37). The fourth-order valence-corrected chi connectivity index (χ4v) is 6.51. The number of hydrogen-bond donors (Lipinski definition) is 3. The highest BCUT2D eigenvalue weighted by atomic mass is 19.3. The molecule has 4 rings (SSSR count). The Bertz CT molecular complexity index is 815. The molecule has 2 saturated heterocycles. The van der Waals surface area contributed by atoms with Crippen LogP contribution in [0, 0.1) is 0 Å². The molecular formula is C26H44F2N6O3. The second-order valence-electron chi connectivity index (χ2n) is 11.4. The molecule has 0 radical (unpaired) electrons. The largest absolute Gasteiger partial charge is 0.352 e. The third-order valence-corrected chi connectivity index (χ3v) is 8.89. The van der Waals surface area contributed by atoms with E-state index in [0.717, 1.165) is 25.7 Å². The molecular weight excluding hydrogens is 482 g/mol. The van der Waals surface area contributed by atoms with Gasteiger partial charge in [-0.25, -0.2) is 8.78 Å². The smallest absolute Gasteiger partial charge is 0.248 e. The number of carbonyl (C=O) groups excluding carboxylic acids is 3. The first-order valence-corrected chi connectivity index (χ1v) is 14.0. The number of nitrogens with zero attached hydrogens (tertiary/aromatic N) is 3. The van der Waals surface area contributed by atoms with Crippen LogP contribution in [-0.4, -0.2) is 114 Å². The number of piperazine rings is 2. The summed E-state index contributed by atoms with van der Waals surface area (Å²) in [5, 5.41) is 9.65. The molecule has 37 heavy (non-hydrogen) atoms. The van der Waals surface area contributed by atoms with E-state index in [0.29, 0.717) is 52.4 Å². The van der Waals surface area contributed by atoms with Gasteiger partial charge < -0.3 is 20.9 Å². The number of amides is 3. The molecule has 4 aliphatic rings. The Morgan fingerprint density at radius 1 is 0.892 bits per heavy atom. The van der Waals surface area contributed by atoms with Crippen LogP contribution in [0.15, 0.2) is 0 Å². The quantitative estimate of drug-likeness (QED) is 0.457. The minimum atomic E-state index is -2.68. The lowest BCUT2D eigenvalue weighted by atomic mass is 9.84. The van der Waals surface area contributed by atoms with Crippen LogP contribution in [0.5, 0.6) is 0 Å². The lowest BCUT2D eigenvalue weighted by Gasteiger charge is -2.51. The predicted molar refractivity (Wildman–Crippen MR) is 136 cm³/mol. The second kappa shape index (κ2) is 11.9. The number of alkyl halides is 2. The normalized spacial score (nSPS) is 26.9. The summed E-state index contributed by atoms with van der Waals surface area (Å²) in [4.78, 5) is 46.1. The zero-order valence-electron chi connectivity index (χ0n) is 22.4. The molecule has 3 amide bonds. The summed E-state index contributed by atoms with van der Waals surface area (Å²) in [6, 6.07) is -1.01. The van der Waals surface area contributed by atoms with Crippen molar-refractivity contribution >= 4 is 17.7 Å². The Balaban J connectivity index is 1.61. The molecule has 3 N–H and O–H groups in total. The number of hydrogen-bond acceptors (Lipinski definition) is 6. The minimum Gasteiger partial charge on any atom is -0.352 e. The Kier molecular flexibility index (Phi) is 9.06. The summed E-state index contributed by atoms with van der Waals surface area (Å²) in [7, 11) is 0. The lowest BCUT2D eigenvalue weighted by Crippen LogP contribution is -2.75. The van der Waals surface area contributed by atoms with Crippen LogP contribution in [0.3, 0.4) is 0 Å². The summed E-state index contributed by atoms with van der Waals surface area (Å²) >= 11 is 0. The number of nitrogens with one attached hydrogen (secondary N) is 3. The van der Waals surface area contributed by atoms with Crippen molar-refractivity contribution in [2.45, 2.75) is 94.8 Å². The van der Waals surface area contributed by atoms with Gasteiger partial charge in [0.05, 0.1) is 0 Å². The van der Waals surface area contributed by atoms with Gasteiger partial charge in [0.1, 0.15) is 11.6 Å². The summed E-state index contributed by atoms with van der Waals surface area (Å²) < 4.78 is 27.5. The second-order valence-corrected chi connectivity index (χ2v) is 11.4. The average molecular weight is 527 g/mol. The summed E-state index contributed by atoms with van der Waals surface area (Å²) in [6.07, 6.45) is 4.01. The first-order chi connectivity index (χ1) is 17.6. The molecule has 2 unspecified atom stereocenters. The summed E-state index contributed by atoms with van der Waals surface area (Å²) in [6.45, 7) is 8.01. The van der Waals surface area contributed by atoms with Gasteiger partial charge in [-0.3, -0.25) is 24.2 Å². The van der Waals surface area contributed by atoms with Gasteiger partial charge >= 0.3 is 0 Å². The van der Waals surface area contributed by atoms with Gasteiger partial charge in [0.15, 0.2) is 0 Å². The van der Waals surface area contributed by atoms with Crippen LogP contribution in [0.2, 0.25) is 0 Å². The maximum absolute atomic E-state index is 14.1. The van der Waals surface area contributed by atoms with E-state index >= 15 is 0 Å². The van der Waals surface area contributed by atoms with Crippen LogP contribution >= 0.6 is 0 Å². The molecule has 0 spiro atoms. The zero-order chi connectivity index (χ0) is 26.6. The van der Waals surface area contributed by atoms with Crippen LogP contribution in [0.4, 0.5) is 8.78 Å². The topological polar surface area (TPSA) is 97.0 Å². The van der Waals surface area contributed by atoms with E-state index in [1.165, 1.54) is 0 Å². The maximum Gasteiger partial charge on any atom is 0.248 e. The molecule has 9 nitrogen and oxygen atoms in total. The third kappa shape index (κ3) is 6.60. The van der Waals surface area contributed by atoms with Crippen molar-refractivity contribution < 1.29 is 23.2 Å². The first kappa shape index (κ1) is 28.2. The highest BCUT2D eigenvalue weighted by molar-refractivity contribution is 5.96. The molecule has 210 valence electrons. The van der Waals surface area contributed by atoms with Gasteiger partial charge in [-0.2, -0.15) is 0 Å². The van der Waals surface area contributed by atoms with Crippen LogP contribution in [0.25, 0.3) is 0 Å². The predicted octanol–water partition coefficient (Wildman–Crippen LogP) is 0.936. The van der Waals surface area contributed by atoms with Crippen molar-refractivity contribution in [2.24, 2.45) is 0 Å². The summed E-state index contributed by atoms with van der Waals surface area (Å²) in [5.41, 5.74) is -1.18. The summed E-state index contributed by atoms with van der Waals surface area (Å²) in [5.74, 6) is -3.10. The van der Waals surface area contributed by atoms with Gasteiger partial charge in [0.25, 0.3) is 0 Å². The van der Waals surface area contributed by atoms with Crippen molar-refractivity contribution in [1.29, 1.82) is 0 Å². The molecule has 0 aromatic rings. The maximum atomic E-state index is 14.1. The molecule has 0 bridgehead atoms. The molecule has 4 fully saturated rings. The number of rotatable bonds is 7. The van der Waals surface area contributed by atoms with E-state index in [-0.39, 0.29) is 55.5 Å². The molecule has 2 atom stereocenters. The molecule has 2 aliphatic heterocycles. The van der Waals surface area contributed by atoms with E-state index in [4.69, 9.17) is 0 Å². The van der Waals surface area contributed by atoms with Gasteiger partial charge in [0, 0.05) is 84.2 Å². The average Bonchev–Trinajstić information content (AvgIpc) is 3.39. The van der Waals surface area contributed by atoms with E-state index in [2.05, 4.69) is 25.8 Å².